The van der Waals surface area contributed by atoms with Gasteiger partial charge >= 0.3 is 14.0 Å². The first-order chi connectivity index (χ1) is 15.2. The number of alkyl halides is 3. The molecular weight excluding hydrogens is 491 g/mol. The van der Waals surface area contributed by atoms with Crippen LogP contribution in [0, 0.1) is 17.1 Å². The maximum absolute atomic E-state index is 13.2. The molecule has 0 heterocycles. The van der Waals surface area contributed by atoms with Crippen LogP contribution in [0.15, 0.2) is 47.4 Å². The lowest BCUT2D eigenvalue weighted by molar-refractivity contribution is -0.146. The highest BCUT2D eigenvalue weighted by Crippen LogP contribution is 2.37. The molecule has 14 heteroatoms. The molecule has 0 aromatic heterocycles. The lowest BCUT2D eigenvalue weighted by atomic mass is 10.1. The second-order valence-electron chi connectivity index (χ2n) is 6.68. The van der Waals surface area contributed by atoms with Crippen molar-refractivity contribution in [3.8, 4) is 6.07 Å². The van der Waals surface area contributed by atoms with E-state index in [4.69, 9.17) is 19.8 Å². The summed E-state index contributed by atoms with van der Waals surface area (Å²) in [5.74, 6) is -1.63. The Balaban J connectivity index is 2.25. The summed E-state index contributed by atoms with van der Waals surface area (Å²) < 4.78 is 73.0. The number of phosphoric ester groups is 1. The van der Waals surface area contributed by atoms with Crippen LogP contribution < -0.4 is 5.32 Å². The topological polar surface area (TPSA) is 129 Å². The van der Waals surface area contributed by atoms with Crippen molar-refractivity contribution in [2.45, 2.75) is 23.6 Å². The van der Waals surface area contributed by atoms with Crippen LogP contribution in [-0.2, 0) is 24.8 Å². The molecule has 0 fully saturated rings. The molecule has 0 bridgehead atoms. The van der Waals surface area contributed by atoms with E-state index in [1.807, 2.05) is 0 Å². The average molecular weight is 508 g/mol. The molecule has 0 radical (unpaired) electrons. The Morgan fingerprint density at radius 3 is 2.39 bits per heavy atom. The lowest BCUT2D eigenvalue weighted by Crippen LogP contribution is -2.45. The highest BCUT2D eigenvalue weighted by molar-refractivity contribution is 7.99. The fraction of sp³-hybridized carbons (Fsp3) is 0.263. The van der Waals surface area contributed by atoms with Crippen LogP contribution in [0.4, 0.5) is 23.2 Å². The summed E-state index contributed by atoms with van der Waals surface area (Å²) in [5.41, 5.74) is -4.03. The molecule has 33 heavy (non-hydrogen) atoms. The van der Waals surface area contributed by atoms with E-state index in [-0.39, 0.29) is 11.4 Å². The van der Waals surface area contributed by atoms with E-state index in [9.17, 15) is 26.9 Å². The standard InChI is InChI=1S/C19H17F4N2O6PS/c1-18(30-11-31-32(27,28)29,10-33-15-6-3-13(20)4-7-15)17(26)25-14-5-2-12(9-24)16(8-14)19(21,22)23/h2-8H,10-11H2,1H3,(H,25,26)(H2,27,28,29)/t18-/m0/s1. The minimum absolute atomic E-state index is 0.183. The maximum Gasteiger partial charge on any atom is 0.471 e. The number of benzene rings is 2. The first kappa shape index (κ1) is 26.8. The van der Waals surface area contributed by atoms with Crippen LogP contribution in [0.2, 0.25) is 0 Å². The van der Waals surface area contributed by atoms with Gasteiger partial charge in [0.25, 0.3) is 5.91 Å². The van der Waals surface area contributed by atoms with Gasteiger partial charge in [-0.05, 0) is 49.4 Å². The van der Waals surface area contributed by atoms with Gasteiger partial charge in [0, 0.05) is 16.3 Å². The summed E-state index contributed by atoms with van der Waals surface area (Å²) in [6.45, 7) is 0.232. The summed E-state index contributed by atoms with van der Waals surface area (Å²) in [6, 6.07) is 9.16. The molecule has 1 amide bonds. The number of nitriles is 1. The molecular formula is C19H17F4N2O6PS. The smallest absolute Gasteiger partial charge is 0.338 e. The zero-order chi connectivity index (χ0) is 24.9. The Labute approximate surface area is 189 Å². The summed E-state index contributed by atoms with van der Waals surface area (Å²) in [6.07, 6.45) is -4.85. The van der Waals surface area contributed by atoms with E-state index in [1.54, 1.807) is 0 Å². The van der Waals surface area contributed by atoms with Crippen molar-refractivity contribution in [1.29, 1.82) is 5.26 Å². The molecule has 0 aliphatic rings. The van der Waals surface area contributed by atoms with Crippen LogP contribution >= 0.6 is 19.6 Å². The average Bonchev–Trinajstić information content (AvgIpc) is 2.71. The predicted octanol–water partition coefficient (Wildman–Crippen LogP) is 4.29. The number of hydrogen-bond acceptors (Lipinski definition) is 6. The molecule has 0 aliphatic carbocycles. The summed E-state index contributed by atoms with van der Waals surface area (Å²) in [5, 5.41) is 11.1. The van der Waals surface area contributed by atoms with Crippen LogP contribution in [-0.4, -0.2) is 33.8 Å². The van der Waals surface area contributed by atoms with E-state index in [0.29, 0.717) is 11.0 Å². The molecule has 2 rings (SSSR count). The molecule has 0 saturated heterocycles. The van der Waals surface area contributed by atoms with Gasteiger partial charge in [-0.3, -0.25) is 9.32 Å². The fourth-order valence-corrected chi connectivity index (χ4v) is 3.54. The number of hydrogen-bond donors (Lipinski definition) is 3. The summed E-state index contributed by atoms with van der Waals surface area (Å²) in [4.78, 5) is 31.0. The lowest BCUT2D eigenvalue weighted by Gasteiger charge is -2.28. The molecule has 0 unspecified atom stereocenters. The molecule has 3 N–H and O–H groups in total. The summed E-state index contributed by atoms with van der Waals surface area (Å²) in [7, 11) is -4.93. The van der Waals surface area contributed by atoms with E-state index in [1.165, 1.54) is 37.3 Å². The highest BCUT2D eigenvalue weighted by atomic mass is 32.2. The van der Waals surface area contributed by atoms with Gasteiger partial charge in [-0.2, -0.15) is 18.4 Å². The van der Waals surface area contributed by atoms with Gasteiger partial charge in [0.2, 0.25) is 0 Å². The fourth-order valence-electron chi connectivity index (χ4n) is 2.37. The van der Waals surface area contributed by atoms with Crippen molar-refractivity contribution in [3.05, 3.63) is 59.4 Å². The third-order valence-electron chi connectivity index (χ3n) is 4.11. The number of halogens is 4. The minimum atomic E-state index is -4.93. The Morgan fingerprint density at radius 2 is 1.85 bits per heavy atom. The zero-order valence-corrected chi connectivity index (χ0v) is 18.5. The largest absolute Gasteiger partial charge is 0.471 e. The number of phosphoric acid groups is 1. The minimum Gasteiger partial charge on any atom is -0.338 e. The van der Waals surface area contributed by atoms with Gasteiger partial charge in [-0.15, -0.1) is 11.8 Å². The number of nitrogens with zero attached hydrogens (tertiary/aromatic N) is 1. The number of carbonyl (C=O) groups excluding carboxylic acids is 1. The first-order valence-corrected chi connectivity index (χ1v) is 11.4. The third kappa shape index (κ3) is 8.12. The van der Waals surface area contributed by atoms with Gasteiger partial charge in [0.15, 0.2) is 12.4 Å². The molecule has 0 saturated carbocycles. The first-order valence-electron chi connectivity index (χ1n) is 8.89. The number of amides is 1. The predicted molar refractivity (Wildman–Crippen MR) is 109 cm³/mol. The normalized spacial score (nSPS) is 13.8. The van der Waals surface area contributed by atoms with E-state index in [2.05, 4.69) is 9.84 Å². The van der Waals surface area contributed by atoms with E-state index >= 15 is 0 Å². The van der Waals surface area contributed by atoms with Gasteiger partial charge in [-0.1, -0.05) is 0 Å². The molecule has 2 aromatic carbocycles. The van der Waals surface area contributed by atoms with Crippen molar-refractivity contribution < 1.29 is 46.0 Å². The van der Waals surface area contributed by atoms with Crippen molar-refractivity contribution in [3.63, 3.8) is 0 Å². The molecule has 178 valence electrons. The number of rotatable bonds is 9. The third-order valence-corrected chi connectivity index (χ3v) is 5.85. The highest BCUT2D eigenvalue weighted by Gasteiger charge is 2.37. The maximum atomic E-state index is 13.2. The molecule has 8 nitrogen and oxygen atoms in total. The van der Waals surface area contributed by atoms with E-state index < -0.39 is 49.2 Å². The molecule has 0 aliphatic heterocycles. The monoisotopic (exact) mass is 508 g/mol. The van der Waals surface area contributed by atoms with Crippen molar-refractivity contribution >= 4 is 31.2 Å². The summed E-state index contributed by atoms with van der Waals surface area (Å²) >= 11 is 1.02. The van der Waals surface area contributed by atoms with E-state index in [0.717, 1.165) is 23.9 Å². The van der Waals surface area contributed by atoms with Gasteiger partial charge < -0.3 is 19.8 Å². The van der Waals surface area contributed by atoms with Crippen molar-refractivity contribution in [2.75, 3.05) is 17.9 Å². The number of ether oxygens (including phenoxy) is 1. The Morgan fingerprint density at radius 1 is 1.21 bits per heavy atom. The number of anilines is 1. The van der Waals surface area contributed by atoms with Gasteiger partial charge in [-0.25, -0.2) is 8.96 Å². The Hall–Kier alpha value is -2.46. The van der Waals surface area contributed by atoms with Crippen LogP contribution in [0.5, 0.6) is 0 Å². The SMILES string of the molecule is C[C@@](CSc1ccc(F)cc1)(OCOP(=O)(O)O)C(=O)Nc1ccc(C#N)c(C(F)(F)F)c1. The molecule has 2 aromatic rings. The van der Waals surface area contributed by atoms with Crippen molar-refractivity contribution in [1.82, 2.24) is 0 Å². The Kier molecular flexibility index (Phi) is 8.64. The molecule has 0 spiro atoms. The Bertz CT molecular complexity index is 1090. The van der Waals surface area contributed by atoms with Gasteiger partial charge in [0.1, 0.15) is 5.82 Å². The second kappa shape index (κ2) is 10.6. The second-order valence-corrected chi connectivity index (χ2v) is 8.97. The molecule has 1 atom stereocenters. The number of nitrogens with one attached hydrogen (secondary N) is 1. The quantitative estimate of drug-likeness (QED) is 0.198. The van der Waals surface area contributed by atoms with Gasteiger partial charge in [0.05, 0.1) is 17.2 Å². The number of thioether (sulfide) groups is 1. The van der Waals surface area contributed by atoms with Crippen LogP contribution in [0.1, 0.15) is 18.1 Å². The van der Waals surface area contributed by atoms with Crippen LogP contribution in [0.3, 0.4) is 0 Å². The van der Waals surface area contributed by atoms with Crippen LogP contribution in [0.25, 0.3) is 0 Å². The number of carbonyl (C=O) groups is 1. The van der Waals surface area contributed by atoms with Crippen molar-refractivity contribution in [2.24, 2.45) is 0 Å². The zero-order valence-electron chi connectivity index (χ0n) is 16.8.